The molecule has 2 heterocycles. The van der Waals surface area contributed by atoms with Crippen molar-refractivity contribution in [2.24, 2.45) is 5.92 Å². The van der Waals surface area contributed by atoms with Crippen molar-refractivity contribution in [1.82, 2.24) is 10.3 Å². The molecule has 0 radical (unpaired) electrons. The van der Waals surface area contributed by atoms with Crippen LogP contribution in [0.2, 0.25) is 0 Å². The van der Waals surface area contributed by atoms with Crippen LogP contribution >= 0.6 is 23.1 Å². The molecule has 0 saturated carbocycles. The van der Waals surface area contributed by atoms with Crippen LogP contribution in [0.3, 0.4) is 0 Å². The predicted octanol–water partition coefficient (Wildman–Crippen LogP) is 2.59. The first-order chi connectivity index (χ1) is 7.88. The molecule has 1 N–H and O–H groups in total. The maximum Gasteiger partial charge on any atom is 0.0930 e. The van der Waals surface area contributed by atoms with E-state index in [-0.39, 0.29) is 0 Å². The molecule has 0 amide bonds. The third kappa shape index (κ3) is 3.75. The second kappa shape index (κ2) is 6.62. The second-order valence-corrected chi connectivity index (χ2v) is 6.71. The van der Waals surface area contributed by atoms with Crippen LogP contribution in [-0.4, -0.2) is 30.1 Å². The lowest BCUT2D eigenvalue weighted by atomic mass is 10.1. The lowest BCUT2D eigenvalue weighted by Crippen LogP contribution is -2.07. The summed E-state index contributed by atoms with van der Waals surface area (Å²) < 4.78 is 0. The third-order valence-corrected chi connectivity index (χ3v) is 5.25. The van der Waals surface area contributed by atoms with Gasteiger partial charge in [0.25, 0.3) is 0 Å². The molecule has 1 fully saturated rings. The van der Waals surface area contributed by atoms with E-state index < -0.39 is 0 Å². The van der Waals surface area contributed by atoms with Crippen molar-refractivity contribution in [3.8, 4) is 0 Å². The van der Waals surface area contributed by atoms with Gasteiger partial charge in [0, 0.05) is 17.5 Å². The maximum absolute atomic E-state index is 4.55. The summed E-state index contributed by atoms with van der Waals surface area (Å²) in [5.74, 6) is 3.58. The summed E-state index contributed by atoms with van der Waals surface area (Å²) >= 11 is 4.02. The summed E-state index contributed by atoms with van der Waals surface area (Å²) in [4.78, 5) is 6.00. The molecular weight excluding hydrogens is 236 g/mol. The molecule has 1 saturated heterocycles. The summed E-state index contributed by atoms with van der Waals surface area (Å²) in [5.41, 5.74) is 0. The molecule has 1 aliphatic rings. The van der Waals surface area contributed by atoms with Crippen LogP contribution < -0.4 is 5.32 Å². The zero-order chi connectivity index (χ0) is 11.2. The quantitative estimate of drug-likeness (QED) is 0.792. The highest BCUT2D eigenvalue weighted by atomic mass is 32.2. The van der Waals surface area contributed by atoms with E-state index in [0.29, 0.717) is 0 Å². The third-order valence-electron chi connectivity index (χ3n) is 2.94. The first-order valence-corrected chi connectivity index (χ1v) is 8.01. The molecule has 4 heteroatoms. The Kier molecular flexibility index (Phi) is 5.13. The Hall–Kier alpha value is -0.0600. The predicted molar refractivity (Wildman–Crippen MR) is 73.5 cm³/mol. The van der Waals surface area contributed by atoms with Crippen molar-refractivity contribution < 1.29 is 0 Å². The molecule has 0 aliphatic carbocycles. The Bertz CT molecular complexity index is 306. The van der Waals surface area contributed by atoms with Gasteiger partial charge in [-0.05, 0) is 50.3 Å². The minimum atomic E-state index is 0.890. The molecule has 0 aromatic carbocycles. The molecule has 1 unspecified atom stereocenters. The van der Waals surface area contributed by atoms with Crippen molar-refractivity contribution in [3.05, 3.63) is 16.1 Å². The molecule has 90 valence electrons. The minimum Gasteiger partial charge on any atom is -0.320 e. The Morgan fingerprint density at radius 3 is 3.25 bits per heavy atom. The first kappa shape index (κ1) is 12.4. The second-order valence-electron chi connectivity index (χ2n) is 4.36. The van der Waals surface area contributed by atoms with Gasteiger partial charge in [-0.25, -0.2) is 4.98 Å². The van der Waals surface area contributed by atoms with Crippen molar-refractivity contribution in [2.45, 2.75) is 25.7 Å². The van der Waals surface area contributed by atoms with Crippen LogP contribution in [0.1, 0.15) is 22.7 Å². The number of nitrogens with one attached hydrogen (secondary N) is 1. The van der Waals surface area contributed by atoms with Crippen molar-refractivity contribution >= 4 is 23.1 Å². The number of thioether (sulfide) groups is 1. The summed E-state index contributed by atoms with van der Waals surface area (Å²) in [5, 5.41) is 4.54. The van der Waals surface area contributed by atoms with Crippen molar-refractivity contribution in [1.29, 1.82) is 0 Å². The zero-order valence-electron chi connectivity index (χ0n) is 9.87. The number of hydrogen-bond donors (Lipinski definition) is 1. The number of aromatic nitrogens is 1. The summed E-state index contributed by atoms with van der Waals surface area (Å²) in [6.07, 6.45) is 7.08. The van der Waals surface area contributed by atoms with Crippen LogP contribution in [0.5, 0.6) is 0 Å². The average Bonchev–Trinajstić information content (AvgIpc) is 2.91. The van der Waals surface area contributed by atoms with Gasteiger partial charge >= 0.3 is 0 Å². The molecular formula is C12H20N2S2. The fourth-order valence-electron chi connectivity index (χ4n) is 1.99. The van der Waals surface area contributed by atoms with Crippen LogP contribution in [0, 0.1) is 5.92 Å². The fourth-order valence-corrected chi connectivity index (χ4v) is 4.35. The highest BCUT2D eigenvalue weighted by molar-refractivity contribution is 7.99. The number of rotatable bonds is 6. The van der Waals surface area contributed by atoms with Crippen LogP contribution in [0.4, 0.5) is 0 Å². The van der Waals surface area contributed by atoms with E-state index in [0.717, 1.165) is 12.5 Å². The molecule has 2 rings (SSSR count). The molecule has 2 nitrogen and oxygen atoms in total. The van der Waals surface area contributed by atoms with Gasteiger partial charge in [-0.1, -0.05) is 0 Å². The van der Waals surface area contributed by atoms with Gasteiger partial charge in [-0.3, -0.25) is 0 Å². The normalized spacial score (nSPS) is 20.4. The highest BCUT2D eigenvalue weighted by Crippen LogP contribution is 2.28. The van der Waals surface area contributed by atoms with Crippen molar-refractivity contribution in [3.63, 3.8) is 0 Å². The zero-order valence-corrected chi connectivity index (χ0v) is 11.5. The van der Waals surface area contributed by atoms with E-state index in [4.69, 9.17) is 0 Å². The molecule has 1 aliphatic heterocycles. The Balaban J connectivity index is 1.77. The van der Waals surface area contributed by atoms with Crippen molar-refractivity contribution in [2.75, 3.05) is 25.1 Å². The lowest BCUT2D eigenvalue weighted by molar-refractivity contribution is 0.594. The Morgan fingerprint density at radius 1 is 1.56 bits per heavy atom. The van der Waals surface area contributed by atoms with E-state index >= 15 is 0 Å². The largest absolute Gasteiger partial charge is 0.320 e. The number of thiazole rings is 1. The van der Waals surface area contributed by atoms with E-state index in [2.05, 4.69) is 28.3 Å². The highest BCUT2D eigenvalue weighted by Gasteiger charge is 2.17. The Labute approximate surface area is 106 Å². The van der Waals surface area contributed by atoms with E-state index in [1.807, 2.05) is 18.4 Å². The van der Waals surface area contributed by atoms with Gasteiger partial charge in [0.1, 0.15) is 0 Å². The van der Waals surface area contributed by atoms with Gasteiger partial charge in [0.15, 0.2) is 0 Å². The molecule has 16 heavy (non-hydrogen) atoms. The van der Waals surface area contributed by atoms with E-state index in [9.17, 15) is 0 Å². The average molecular weight is 256 g/mol. The number of aryl methyl sites for hydroxylation is 1. The van der Waals surface area contributed by atoms with Crippen LogP contribution in [0.15, 0.2) is 6.20 Å². The van der Waals surface area contributed by atoms with E-state index in [1.165, 1.54) is 47.1 Å². The SMILES string of the molecule is CNCCCc1cnc(CC2CCSC2)s1. The number of nitrogens with zero attached hydrogens (tertiary/aromatic N) is 1. The first-order valence-electron chi connectivity index (χ1n) is 6.04. The summed E-state index contributed by atoms with van der Waals surface area (Å²) in [7, 11) is 2.01. The van der Waals surface area contributed by atoms with E-state index in [1.54, 1.807) is 0 Å². The van der Waals surface area contributed by atoms with Crippen LogP contribution in [0.25, 0.3) is 0 Å². The molecule has 1 aromatic rings. The number of hydrogen-bond acceptors (Lipinski definition) is 4. The minimum absolute atomic E-state index is 0.890. The topological polar surface area (TPSA) is 24.9 Å². The molecule has 0 bridgehead atoms. The van der Waals surface area contributed by atoms with Gasteiger partial charge < -0.3 is 5.32 Å². The van der Waals surface area contributed by atoms with Gasteiger partial charge in [0.2, 0.25) is 0 Å². The standard InChI is InChI=1S/C12H20N2S2/c1-13-5-2-3-11-8-14-12(16-11)7-10-4-6-15-9-10/h8,10,13H,2-7,9H2,1H3. The molecule has 1 aromatic heterocycles. The van der Waals surface area contributed by atoms with Gasteiger partial charge in [0.05, 0.1) is 5.01 Å². The van der Waals surface area contributed by atoms with Gasteiger partial charge in [-0.2, -0.15) is 11.8 Å². The lowest BCUT2D eigenvalue weighted by Gasteiger charge is -2.03. The molecule has 1 atom stereocenters. The summed E-state index contributed by atoms with van der Waals surface area (Å²) in [6.45, 7) is 1.10. The maximum atomic E-state index is 4.55. The smallest absolute Gasteiger partial charge is 0.0930 e. The monoisotopic (exact) mass is 256 g/mol. The molecule has 0 spiro atoms. The summed E-state index contributed by atoms with van der Waals surface area (Å²) in [6, 6.07) is 0. The Morgan fingerprint density at radius 2 is 2.50 bits per heavy atom. The van der Waals surface area contributed by atoms with Gasteiger partial charge in [-0.15, -0.1) is 11.3 Å². The fraction of sp³-hybridized carbons (Fsp3) is 0.750. The van der Waals surface area contributed by atoms with Crippen LogP contribution in [-0.2, 0) is 12.8 Å².